The van der Waals surface area contributed by atoms with E-state index in [1.165, 1.54) is 0 Å². The fourth-order valence-electron chi connectivity index (χ4n) is 4.67. The van der Waals surface area contributed by atoms with E-state index in [9.17, 15) is 0 Å². The van der Waals surface area contributed by atoms with Crippen molar-refractivity contribution in [3.63, 3.8) is 0 Å². The van der Waals surface area contributed by atoms with Crippen LogP contribution in [0.5, 0.6) is 0 Å². The van der Waals surface area contributed by atoms with Crippen molar-refractivity contribution in [2.75, 3.05) is 13.2 Å². The molecule has 3 aromatic carbocycles. The first-order valence-electron chi connectivity index (χ1n) is 11.6. The molecular formula is C27H23Cl3O6. The molecule has 9 heteroatoms. The largest absolute Gasteiger partial charge is 0.331 e. The van der Waals surface area contributed by atoms with Crippen molar-refractivity contribution in [1.29, 1.82) is 0 Å². The second-order valence-corrected chi connectivity index (χ2v) is 10.3. The fraction of sp³-hybridized carbons (Fsp3) is 0.333. The summed E-state index contributed by atoms with van der Waals surface area (Å²) in [4.78, 5) is 0. The molecular weight excluding hydrogens is 527 g/mol. The van der Waals surface area contributed by atoms with Gasteiger partial charge in [-0.15, -0.1) is 0 Å². The molecule has 3 saturated heterocycles. The second-order valence-electron chi connectivity index (χ2n) is 8.81. The Morgan fingerprint density at radius 3 is 1.25 bits per heavy atom. The van der Waals surface area contributed by atoms with Crippen molar-refractivity contribution in [3.05, 3.63) is 108 Å². The van der Waals surface area contributed by atoms with Crippen molar-refractivity contribution < 1.29 is 28.4 Å². The summed E-state index contributed by atoms with van der Waals surface area (Å²) >= 11 is 20.8. The van der Waals surface area contributed by atoms with E-state index in [4.69, 9.17) is 63.2 Å². The predicted octanol–water partition coefficient (Wildman–Crippen LogP) is 5.75. The third-order valence-electron chi connectivity index (χ3n) is 6.46. The molecule has 36 heavy (non-hydrogen) atoms. The summed E-state index contributed by atoms with van der Waals surface area (Å²) in [5.41, 5.74) is 1.87. The lowest BCUT2D eigenvalue weighted by atomic mass is 9.99. The molecule has 7 atom stereocenters. The van der Waals surface area contributed by atoms with Crippen LogP contribution in [0.1, 0.15) is 16.7 Å². The molecule has 4 bridgehead atoms. The van der Waals surface area contributed by atoms with Gasteiger partial charge in [0.1, 0.15) is 24.4 Å². The first-order valence-corrected chi connectivity index (χ1v) is 12.7. The first-order chi connectivity index (χ1) is 17.4. The van der Waals surface area contributed by atoms with Gasteiger partial charge in [-0.2, -0.15) is 0 Å². The number of hydrogen-bond donors (Lipinski definition) is 0. The van der Waals surface area contributed by atoms with E-state index in [1.54, 1.807) is 0 Å². The number of hydrogen-bond acceptors (Lipinski definition) is 6. The molecule has 0 amide bonds. The van der Waals surface area contributed by atoms with Gasteiger partial charge >= 0.3 is 0 Å². The molecule has 3 aliphatic rings. The second kappa shape index (κ2) is 9.55. The summed E-state index contributed by atoms with van der Waals surface area (Å²) in [5, 5.41) is -4.83. The molecule has 3 heterocycles. The third-order valence-corrected chi connectivity index (χ3v) is 7.69. The normalized spacial score (nSPS) is 38.4. The molecule has 0 aromatic heterocycles. The van der Waals surface area contributed by atoms with E-state index < -0.39 is 40.2 Å². The summed E-state index contributed by atoms with van der Waals surface area (Å²) in [5.74, 6) is 0. The monoisotopic (exact) mass is 548 g/mol. The van der Waals surface area contributed by atoms with Crippen LogP contribution in [-0.2, 0) is 44.2 Å². The minimum absolute atomic E-state index is 0.0152. The van der Waals surface area contributed by atoms with Crippen LogP contribution in [0.25, 0.3) is 0 Å². The zero-order valence-corrected chi connectivity index (χ0v) is 21.2. The van der Waals surface area contributed by atoms with E-state index in [0.29, 0.717) is 16.7 Å². The van der Waals surface area contributed by atoms with Gasteiger partial charge in [0.15, 0.2) is 0 Å². The van der Waals surface area contributed by atoms with Crippen molar-refractivity contribution in [1.82, 2.24) is 0 Å². The number of benzene rings is 3. The Morgan fingerprint density at radius 1 is 0.472 bits per heavy atom. The Balaban J connectivity index is 1.42. The highest BCUT2D eigenvalue weighted by Gasteiger charge is 2.59. The smallest absolute Gasteiger partial charge is 0.277 e. The van der Waals surface area contributed by atoms with Gasteiger partial charge in [-0.3, -0.25) is 0 Å². The van der Waals surface area contributed by atoms with Gasteiger partial charge in [0.05, 0.1) is 13.2 Å². The summed E-state index contributed by atoms with van der Waals surface area (Å²) in [6.07, 6.45) is -3.00. The van der Waals surface area contributed by atoms with E-state index in [0.717, 1.165) is 0 Å². The van der Waals surface area contributed by atoms with Gasteiger partial charge in [0, 0.05) is 16.7 Å². The zero-order valence-electron chi connectivity index (χ0n) is 19.0. The Morgan fingerprint density at radius 2 is 0.806 bits per heavy atom. The molecule has 0 saturated carbocycles. The quantitative estimate of drug-likeness (QED) is 0.388. The lowest BCUT2D eigenvalue weighted by molar-refractivity contribution is -0.380. The van der Waals surface area contributed by atoms with Gasteiger partial charge < -0.3 is 28.4 Å². The van der Waals surface area contributed by atoms with Gasteiger partial charge in [-0.25, -0.2) is 0 Å². The number of alkyl halides is 3. The van der Waals surface area contributed by atoms with Crippen molar-refractivity contribution in [2.45, 2.75) is 40.2 Å². The van der Waals surface area contributed by atoms with E-state index in [2.05, 4.69) is 0 Å². The molecule has 0 spiro atoms. The number of ether oxygens (including phenoxy) is 6. The van der Waals surface area contributed by atoms with Crippen LogP contribution in [0.15, 0.2) is 91.0 Å². The van der Waals surface area contributed by atoms with Crippen LogP contribution in [0.2, 0.25) is 0 Å². The average Bonchev–Trinajstić information content (AvgIpc) is 3.07. The molecule has 0 radical (unpaired) electrons. The maximum Gasteiger partial charge on any atom is 0.277 e. The molecule has 0 N–H and O–H groups in total. The zero-order chi connectivity index (χ0) is 24.8. The SMILES string of the molecule is ClC1(c2ccccc2)OC[C@@H]2OC(Cl)(c3ccccc3)OC[C@H]3OC(Cl)(c4ccccc4)O[C@H]2[C@@H]3O1. The van der Waals surface area contributed by atoms with E-state index >= 15 is 0 Å². The minimum atomic E-state index is -1.62. The van der Waals surface area contributed by atoms with Crippen LogP contribution in [0.4, 0.5) is 0 Å². The van der Waals surface area contributed by atoms with Crippen LogP contribution in [0, 0.1) is 0 Å². The molecule has 3 aliphatic heterocycles. The first kappa shape index (κ1) is 24.6. The van der Waals surface area contributed by atoms with E-state index in [-0.39, 0.29) is 13.2 Å². The van der Waals surface area contributed by atoms with Crippen molar-refractivity contribution in [3.8, 4) is 0 Å². The highest BCUT2D eigenvalue weighted by atomic mass is 35.5. The molecule has 3 fully saturated rings. The van der Waals surface area contributed by atoms with Gasteiger partial charge in [-0.1, -0.05) is 126 Å². The van der Waals surface area contributed by atoms with Crippen LogP contribution in [-0.4, -0.2) is 37.6 Å². The maximum atomic E-state index is 6.95. The summed E-state index contributed by atoms with van der Waals surface area (Å²) in [7, 11) is 0. The molecule has 188 valence electrons. The number of rotatable bonds is 3. The fourth-order valence-corrected chi connectivity index (χ4v) is 5.60. The van der Waals surface area contributed by atoms with Crippen LogP contribution >= 0.6 is 34.8 Å². The Labute approximate surface area is 223 Å². The van der Waals surface area contributed by atoms with E-state index in [1.807, 2.05) is 91.0 Å². The van der Waals surface area contributed by atoms with Gasteiger partial charge in [0.25, 0.3) is 15.7 Å². The van der Waals surface area contributed by atoms with Crippen LogP contribution in [0.3, 0.4) is 0 Å². The van der Waals surface area contributed by atoms with Crippen molar-refractivity contribution >= 4 is 34.8 Å². The topological polar surface area (TPSA) is 55.4 Å². The Bertz CT molecular complexity index is 1090. The highest BCUT2D eigenvalue weighted by Crippen LogP contribution is 2.49. The third kappa shape index (κ3) is 4.45. The molecule has 0 aliphatic carbocycles. The lowest BCUT2D eigenvalue weighted by Crippen LogP contribution is -2.62. The molecule has 6 nitrogen and oxygen atoms in total. The predicted molar refractivity (Wildman–Crippen MR) is 133 cm³/mol. The average molecular weight is 550 g/mol. The Kier molecular flexibility index (Phi) is 6.53. The molecule has 3 unspecified atom stereocenters. The summed E-state index contributed by atoms with van der Waals surface area (Å²) in [6, 6.07) is 27.7. The van der Waals surface area contributed by atoms with Crippen molar-refractivity contribution in [2.24, 2.45) is 0 Å². The molecule has 6 rings (SSSR count). The minimum Gasteiger partial charge on any atom is -0.331 e. The maximum absolute atomic E-state index is 6.95. The molecule has 3 aromatic rings. The standard InChI is InChI=1S/C27H23Cl3O6/c28-25(18-10-4-1-5-11-18)31-17-22-23-24(36-27(30,34-22)20-14-8-3-9-15-20)21(33-25)16-32-26(29,35-23)19-12-6-2-7-13-19/h1-15,21-24H,16-17H2/t21-,22+,23+,24+,25?,26?,27?/m0/s1. The van der Waals surface area contributed by atoms with Gasteiger partial charge in [0.2, 0.25) is 0 Å². The number of halogens is 3. The summed E-state index contributed by atoms with van der Waals surface area (Å²) in [6.45, 7) is -0.0304. The van der Waals surface area contributed by atoms with Gasteiger partial charge in [-0.05, 0) is 0 Å². The summed E-state index contributed by atoms with van der Waals surface area (Å²) < 4.78 is 37.8. The lowest BCUT2D eigenvalue weighted by Gasteiger charge is -2.49. The van der Waals surface area contributed by atoms with Crippen LogP contribution < -0.4 is 0 Å². The highest BCUT2D eigenvalue weighted by molar-refractivity contribution is 6.22. The Hall–Kier alpha value is -1.71.